The first-order valence-corrected chi connectivity index (χ1v) is 6.37. The molecule has 1 aromatic rings. The number of hydrogen-bond acceptors (Lipinski definition) is 5. The molecule has 106 valence electrons. The Kier molecular flexibility index (Phi) is 6.21. The Bertz CT molecular complexity index is 470. The van der Waals surface area contributed by atoms with Crippen molar-refractivity contribution < 1.29 is 9.53 Å². The molecule has 0 saturated carbocycles. The van der Waals surface area contributed by atoms with Gasteiger partial charge in [0, 0.05) is 33.2 Å². The summed E-state index contributed by atoms with van der Waals surface area (Å²) in [6.45, 7) is 3.24. The van der Waals surface area contributed by atoms with Crippen LogP contribution in [-0.4, -0.2) is 42.9 Å². The zero-order chi connectivity index (χ0) is 14.3. The second kappa shape index (κ2) is 7.68. The van der Waals surface area contributed by atoms with Crippen LogP contribution in [0.15, 0.2) is 17.1 Å². The lowest BCUT2D eigenvalue weighted by molar-refractivity contribution is -0.119. The standard InChI is InChI=1S/C13H21N3O3/c1-4-5-12(17)10-16-13(18)8-11(9-14-16)15(2)6-7-19-3/h8-9H,4-7,10H2,1-3H3. The summed E-state index contributed by atoms with van der Waals surface area (Å²) >= 11 is 0. The van der Waals surface area contributed by atoms with Crippen molar-refractivity contribution in [3.05, 3.63) is 22.6 Å². The third-order valence-corrected chi connectivity index (χ3v) is 2.78. The summed E-state index contributed by atoms with van der Waals surface area (Å²) in [5.74, 6) is 0.0255. The number of Topliss-reactive ketones (excluding diaryl/α,β-unsaturated/α-hetero) is 1. The highest BCUT2D eigenvalue weighted by molar-refractivity contribution is 5.77. The van der Waals surface area contributed by atoms with Crippen molar-refractivity contribution in [1.82, 2.24) is 9.78 Å². The molecule has 0 spiro atoms. The molecule has 0 aromatic carbocycles. The predicted molar refractivity (Wildman–Crippen MR) is 73.6 cm³/mol. The van der Waals surface area contributed by atoms with Gasteiger partial charge in [-0.15, -0.1) is 0 Å². The fraction of sp³-hybridized carbons (Fsp3) is 0.615. The average Bonchev–Trinajstić information content (AvgIpc) is 2.38. The van der Waals surface area contributed by atoms with Crippen LogP contribution in [-0.2, 0) is 16.1 Å². The molecule has 6 heteroatoms. The van der Waals surface area contributed by atoms with Crippen molar-refractivity contribution in [3.8, 4) is 0 Å². The molecule has 0 bridgehead atoms. The number of carbonyl (C=O) groups is 1. The Morgan fingerprint density at radius 3 is 2.84 bits per heavy atom. The fourth-order valence-corrected chi connectivity index (χ4v) is 1.63. The third kappa shape index (κ3) is 4.82. The van der Waals surface area contributed by atoms with Crippen molar-refractivity contribution in [2.75, 3.05) is 32.2 Å². The van der Waals surface area contributed by atoms with E-state index in [0.717, 1.165) is 12.1 Å². The van der Waals surface area contributed by atoms with E-state index in [9.17, 15) is 9.59 Å². The molecule has 0 atom stereocenters. The molecule has 0 aliphatic rings. The predicted octanol–water partition coefficient (Wildman–Crippen LogP) is 0.695. The first kappa shape index (κ1) is 15.4. The summed E-state index contributed by atoms with van der Waals surface area (Å²) in [6, 6.07) is 1.49. The third-order valence-electron chi connectivity index (χ3n) is 2.78. The Hall–Kier alpha value is -1.69. The zero-order valence-electron chi connectivity index (χ0n) is 11.8. The summed E-state index contributed by atoms with van der Waals surface area (Å²) in [5.41, 5.74) is 0.465. The maximum Gasteiger partial charge on any atom is 0.269 e. The van der Waals surface area contributed by atoms with E-state index in [4.69, 9.17) is 4.74 Å². The second-order valence-electron chi connectivity index (χ2n) is 4.41. The highest BCUT2D eigenvalue weighted by atomic mass is 16.5. The molecular weight excluding hydrogens is 246 g/mol. The number of rotatable bonds is 8. The summed E-state index contributed by atoms with van der Waals surface area (Å²) in [4.78, 5) is 25.2. The Balaban J connectivity index is 2.74. The fourth-order valence-electron chi connectivity index (χ4n) is 1.63. The average molecular weight is 267 g/mol. The largest absolute Gasteiger partial charge is 0.383 e. The zero-order valence-corrected chi connectivity index (χ0v) is 11.8. The van der Waals surface area contributed by atoms with E-state index in [1.165, 1.54) is 10.7 Å². The van der Waals surface area contributed by atoms with Crippen molar-refractivity contribution in [2.24, 2.45) is 0 Å². The normalized spacial score (nSPS) is 10.5. The molecule has 1 rings (SSSR count). The van der Waals surface area contributed by atoms with Crippen LogP contribution in [0, 0.1) is 0 Å². The number of likely N-dealkylation sites (N-methyl/N-ethyl adjacent to an activating group) is 1. The second-order valence-corrected chi connectivity index (χ2v) is 4.41. The number of nitrogens with zero attached hydrogens (tertiary/aromatic N) is 3. The summed E-state index contributed by atoms with van der Waals surface area (Å²) in [7, 11) is 3.49. The van der Waals surface area contributed by atoms with Crippen LogP contribution in [0.5, 0.6) is 0 Å². The van der Waals surface area contributed by atoms with Gasteiger partial charge in [-0.05, 0) is 6.42 Å². The van der Waals surface area contributed by atoms with Crippen LogP contribution in [0.4, 0.5) is 5.69 Å². The number of carbonyl (C=O) groups excluding carboxylic acids is 1. The summed E-state index contributed by atoms with van der Waals surface area (Å²) in [6.07, 6.45) is 2.85. The van der Waals surface area contributed by atoms with Crippen molar-refractivity contribution in [2.45, 2.75) is 26.3 Å². The van der Waals surface area contributed by atoms with Gasteiger partial charge < -0.3 is 9.64 Å². The van der Waals surface area contributed by atoms with Gasteiger partial charge in [0.2, 0.25) is 0 Å². The Labute approximate surface area is 113 Å². The summed E-state index contributed by atoms with van der Waals surface area (Å²) in [5, 5.41) is 4.03. The quantitative estimate of drug-likeness (QED) is 0.693. The van der Waals surface area contributed by atoms with Crippen LogP contribution in [0.1, 0.15) is 19.8 Å². The Morgan fingerprint density at radius 2 is 2.26 bits per heavy atom. The first-order valence-electron chi connectivity index (χ1n) is 6.37. The van der Waals surface area contributed by atoms with Crippen molar-refractivity contribution >= 4 is 11.5 Å². The van der Waals surface area contributed by atoms with Crippen LogP contribution < -0.4 is 10.5 Å². The highest BCUT2D eigenvalue weighted by Crippen LogP contribution is 2.06. The molecule has 0 fully saturated rings. The number of ether oxygens (including phenoxy) is 1. The molecule has 0 amide bonds. The van der Waals surface area contributed by atoms with Crippen LogP contribution in [0.3, 0.4) is 0 Å². The van der Waals surface area contributed by atoms with Gasteiger partial charge in [-0.3, -0.25) is 9.59 Å². The number of ketones is 1. The first-order chi connectivity index (χ1) is 9.08. The lowest BCUT2D eigenvalue weighted by Gasteiger charge is -2.18. The van der Waals surface area contributed by atoms with Gasteiger partial charge in [-0.1, -0.05) is 6.92 Å². The van der Waals surface area contributed by atoms with Crippen molar-refractivity contribution in [3.63, 3.8) is 0 Å². The maximum atomic E-state index is 11.8. The topological polar surface area (TPSA) is 64.4 Å². The molecule has 0 aliphatic heterocycles. The smallest absolute Gasteiger partial charge is 0.269 e. The van der Waals surface area contributed by atoms with Crippen LogP contribution in [0.25, 0.3) is 0 Å². The lowest BCUT2D eigenvalue weighted by atomic mass is 10.2. The van der Waals surface area contributed by atoms with Gasteiger partial charge in [0.15, 0.2) is 5.78 Å². The van der Waals surface area contributed by atoms with E-state index < -0.39 is 0 Å². The molecule has 1 aromatic heterocycles. The van der Waals surface area contributed by atoms with Gasteiger partial charge in [0.05, 0.1) is 18.5 Å². The molecule has 0 unspecified atom stereocenters. The van der Waals surface area contributed by atoms with Crippen LogP contribution in [0.2, 0.25) is 0 Å². The molecule has 1 heterocycles. The molecule has 19 heavy (non-hydrogen) atoms. The van der Waals surface area contributed by atoms with Gasteiger partial charge in [-0.2, -0.15) is 5.10 Å². The molecule has 0 radical (unpaired) electrons. The van der Waals surface area contributed by atoms with E-state index in [0.29, 0.717) is 19.6 Å². The van der Waals surface area contributed by atoms with E-state index >= 15 is 0 Å². The van der Waals surface area contributed by atoms with E-state index in [2.05, 4.69) is 5.10 Å². The van der Waals surface area contributed by atoms with Gasteiger partial charge in [0.25, 0.3) is 5.56 Å². The molecule has 0 saturated heterocycles. The maximum absolute atomic E-state index is 11.8. The lowest BCUT2D eigenvalue weighted by Crippen LogP contribution is -2.29. The van der Waals surface area contributed by atoms with Gasteiger partial charge in [0.1, 0.15) is 6.54 Å². The SMILES string of the molecule is CCCC(=O)Cn1ncc(N(C)CCOC)cc1=O. The monoisotopic (exact) mass is 267 g/mol. The minimum atomic E-state index is -0.258. The number of methoxy groups -OCH3 is 1. The summed E-state index contributed by atoms with van der Waals surface area (Å²) < 4.78 is 6.18. The van der Waals surface area contributed by atoms with Crippen molar-refractivity contribution in [1.29, 1.82) is 0 Å². The number of hydrogen-bond donors (Lipinski definition) is 0. The minimum absolute atomic E-state index is 0.0255. The van der Waals surface area contributed by atoms with E-state index in [1.807, 2.05) is 18.9 Å². The minimum Gasteiger partial charge on any atom is -0.383 e. The van der Waals surface area contributed by atoms with Gasteiger partial charge >= 0.3 is 0 Å². The molecule has 0 N–H and O–H groups in total. The van der Waals surface area contributed by atoms with E-state index in [1.54, 1.807) is 13.3 Å². The number of aromatic nitrogens is 2. The molecule has 6 nitrogen and oxygen atoms in total. The molecule has 0 aliphatic carbocycles. The highest BCUT2D eigenvalue weighted by Gasteiger charge is 2.07. The van der Waals surface area contributed by atoms with Gasteiger partial charge in [-0.25, -0.2) is 4.68 Å². The number of anilines is 1. The Morgan fingerprint density at radius 1 is 1.53 bits per heavy atom. The molecular formula is C13H21N3O3. The van der Waals surface area contributed by atoms with Crippen LogP contribution >= 0.6 is 0 Å². The van der Waals surface area contributed by atoms with E-state index in [-0.39, 0.29) is 17.9 Å².